The fraction of sp³-hybridized carbons (Fsp3) is 0.455. The lowest BCUT2D eigenvalue weighted by Crippen LogP contribution is -1.77. The van der Waals surface area contributed by atoms with Crippen LogP contribution in [0.1, 0.15) is 33.1 Å². The summed E-state index contributed by atoms with van der Waals surface area (Å²) in [6, 6.07) is 0. The van der Waals surface area contributed by atoms with E-state index in [2.05, 4.69) is 37.8 Å². The first kappa shape index (κ1) is 8.14. The van der Waals surface area contributed by atoms with Crippen LogP contribution >= 0.6 is 0 Å². The van der Waals surface area contributed by atoms with Crippen molar-refractivity contribution in [3.8, 4) is 11.8 Å². The van der Waals surface area contributed by atoms with Gasteiger partial charge in [-0.05, 0) is 18.9 Å². The Hall–Kier alpha value is -0.960. The van der Waals surface area contributed by atoms with Crippen molar-refractivity contribution in [1.29, 1.82) is 0 Å². The summed E-state index contributed by atoms with van der Waals surface area (Å²) in [5, 5.41) is 0. The van der Waals surface area contributed by atoms with Gasteiger partial charge in [0.2, 0.25) is 0 Å². The average Bonchev–Trinajstić information content (AvgIpc) is 2.28. The fourth-order valence-corrected chi connectivity index (χ4v) is 1.10. The lowest BCUT2D eigenvalue weighted by Gasteiger charge is -1.95. The van der Waals surface area contributed by atoms with Crippen LogP contribution in [0, 0.1) is 11.8 Å². The van der Waals surface area contributed by atoms with Gasteiger partial charge in [-0.25, -0.2) is 0 Å². The normalized spacial score (nSPS) is 15.8. The van der Waals surface area contributed by atoms with E-state index >= 15 is 0 Å². The van der Waals surface area contributed by atoms with E-state index in [4.69, 9.17) is 0 Å². The highest BCUT2D eigenvalue weighted by molar-refractivity contribution is 5.39. The summed E-state index contributed by atoms with van der Waals surface area (Å²) in [4.78, 5) is 0. The molecule has 0 radical (unpaired) electrons. The number of hydrogen-bond donors (Lipinski definition) is 0. The maximum Gasteiger partial charge on any atom is 0.0279 e. The molecule has 0 heterocycles. The first-order chi connectivity index (χ1) is 5.36. The van der Waals surface area contributed by atoms with Gasteiger partial charge in [-0.2, -0.15) is 0 Å². The molecule has 0 bridgehead atoms. The molecule has 0 spiro atoms. The molecule has 0 amide bonds. The molecule has 0 aliphatic heterocycles. The standard InChI is InChI=1S/C11H14/c1-3-10-7-5-6-8-11(4-2)9-10/h7,9H,3-5H2,1-2H3. The van der Waals surface area contributed by atoms with Crippen molar-refractivity contribution < 1.29 is 0 Å². The Morgan fingerprint density at radius 1 is 1.36 bits per heavy atom. The first-order valence-corrected chi connectivity index (χ1v) is 4.25. The van der Waals surface area contributed by atoms with Crippen LogP contribution in [0.5, 0.6) is 0 Å². The maximum atomic E-state index is 3.15. The van der Waals surface area contributed by atoms with Crippen molar-refractivity contribution in [2.24, 2.45) is 0 Å². The Morgan fingerprint density at radius 3 is 2.82 bits per heavy atom. The van der Waals surface area contributed by atoms with Crippen LogP contribution in [0.25, 0.3) is 0 Å². The Balaban J connectivity index is 2.81. The van der Waals surface area contributed by atoms with Crippen LogP contribution in [0.3, 0.4) is 0 Å². The molecule has 0 atom stereocenters. The van der Waals surface area contributed by atoms with Crippen LogP contribution < -0.4 is 0 Å². The minimum atomic E-state index is 0.920. The van der Waals surface area contributed by atoms with Crippen LogP contribution in [0.15, 0.2) is 23.3 Å². The van der Waals surface area contributed by atoms with Crippen molar-refractivity contribution in [2.75, 3.05) is 0 Å². The van der Waals surface area contributed by atoms with E-state index in [0.29, 0.717) is 0 Å². The zero-order valence-electron chi connectivity index (χ0n) is 7.28. The highest BCUT2D eigenvalue weighted by Crippen LogP contribution is 2.12. The maximum absolute atomic E-state index is 3.15. The Bertz CT molecular complexity index is 243. The van der Waals surface area contributed by atoms with Gasteiger partial charge in [0, 0.05) is 12.0 Å². The molecule has 0 fully saturated rings. The van der Waals surface area contributed by atoms with Crippen molar-refractivity contribution >= 4 is 0 Å². The Kier molecular flexibility index (Phi) is 2.98. The highest BCUT2D eigenvalue weighted by Gasteiger charge is 1.94. The molecular formula is C11H14. The third-order valence-corrected chi connectivity index (χ3v) is 1.86. The van der Waals surface area contributed by atoms with Gasteiger partial charge < -0.3 is 0 Å². The molecule has 0 saturated heterocycles. The van der Waals surface area contributed by atoms with Crippen LogP contribution in [0.2, 0.25) is 0 Å². The quantitative estimate of drug-likeness (QED) is 0.525. The van der Waals surface area contributed by atoms with Gasteiger partial charge in [-0.15, -0.1) is 0 Å². The molecule has 0 saturated carbocycles. The van der Waals surface area contributed by atoms with Crippen LogP contribution in [-0.4, -0.2) is 0 Å². The van der Waals surface area contributed by atoms with E-state index in [1.54, 1.807) is 0 Å². The lowest BCUT2D eigenvalue weighted by atomic mass is 10.1. The summed E-state index contributed by atoms with van der Waals surface area (Å²) in [6.45, 7) is 4.33. The third-order valence-electron chi connectivity index (χ3n) is 1.86. The molecule has 0 aromatic rings. The van der Waals surface area contributed by atoms with E-state index in [9.17, 15) is 0 Å². The molecule has 1 aliphatic rings. The topological polar surface area (TPSA) is 0 Å². The van der Waals surface area contributed by atoms with E-state index in [0.717, 1.165) is 19.3 Å². The highest BCUT2D eigenvalue weighted by atomic mass is 14.0. The van der Waals surface area contributed by atoms with Gasteiger partial charge in [0.05, 0.1) is 0 Å². The summed E-state index contributed by atoms with van der Waals surface area (Å²) in [6.07, 6.45) is 7.54. The molecular weight excluding hydrogens is 132 g/mol. The molecule has 58 valence electrons. The summed E-state index contributed by atoms with van der Waals surface area (Å²) < 4.78 is 0. The molecule has 0 heteroatoms. The predicted octanol–water partition coefficient (Wildman–Crippen LogP) is 3.07. The molecule has 1 aliphatic carbocycles. The summed E-state index contributed by atoms with van der Waals surface area (Å²) in [5.41, 5.74) is 2.69. The van der Waals surface area contributed by atoms with Crippen molar-refractivity contribution in [3.05, 3.63) is 23.3 Å². The summed E-state index contributed by atoms with van der Waals surface area (Å²) >= 11 is 0. The third kappa shape index (κ3) is 2.27. The molecule has 0 unspecified atom stereocenters. The van der Waals surface area contributed by atoms with E-state index < -0.39 is 0 Å². The van der Waals surface area contributed by atoms with E-state index in [1.165, 1.54) is 11.1 Å². The number of hydrogen-bond acceptors (Lipinski definition) is 0. The van der Waals surface area contributed by atoms with E-state index in [1.807, 2.05) is 0 Å². The number of rotatable bonds is 2. The minimum absolute atomic E-state index is 0.920. The largest absolute Gasteiger partial charge is 0.0941 e. The zero-order chi connectivity index (χ0) is 8.10. The monoisotopic (exact) mass is 146 g/mol. The van der Waals surface area contributed by atoms with Gasteiger partial charge in [-0.3, -0.25) is 0 Å². The van der Waals surface area contributed by atoms with Gasteiger partial charge in [0.25, 0.3) is 0 Å². The SMILES string of the molecule is CCC1=CC(CC)=CCC#C1. The van der Waals surface area contributed by atoms with Crippen LogP contribution in [0.4, 0.5) is 0 Å². The molecule has 0 aromatic carbocycles. The second kappa shape index (κ2) is 4.03. The summed E-state index contributed by atoms with van der Waals surface area (Å²) in [7, 11) is 0. The zero-order valence-corrected chi connectivity index (χ0v) is 7.28. The van der Waals surface area contributed by atoms with Crippen molar-refractivity contribution in [1.82, 2.24) is 0 Å². The minimum Gasteiger partial charge on any atom is -0.0941 e. The van der Waals surface area contributed by atoms with E-state index in [-0.39, 0.29) is 0 Å². The summed E-state index contributed by atoms with van der Waals surface area (Å²) in [5.74, 6) is 6.27. The van der Waals surface area contributed by atoms with Crippen molar-refractivity contribution in [3.63, 3.8) is 0 Å². The molecule has 0 N–H and O–H groups in total. The lowest BCUT2D eigenvalue weighted by molar-refractivity contribution is 1.10. The predicted molar refractivity (Wildman–Crippen MR) is 49.1 cm³/mol. The van der Waals surface area contributed by atoms with Gasteiger partial charge in [0.15, 0.2) is 0 Å². The Labute approximate surface area is 69.0 Å². The molecule has 0 nitrogen and oxygen atoms in total. The second-order valence-corrected chi connectivity index (χ2v) is 2.66. The van der Waals surface area contributed by atoms with Gasteiger partial charge in [-0.1, -0.05) is 37.3 Å². The van der Waals surface area contributed by atoms with Gasteiger partial charge in [0.1, 0.15) is 0 Å². The van der Waals surface area contributed by atoms with Crippen LogP contribution in [-0.2, 0) is 0 Å². The molecule has 0 aromatic heterocycles. The fourth-order valence-electron chi connectivity index (χ4n) is 1.10. The van der Waals surface area contributed by atoms with Gasteiger partial charge >= 0.3 is 0 Å². The first-order valence-electron chi connectivity index (χ1n) is 4.25. The Morgan fingerprint density at radius 2 is 2.18 bits per heavy atom. The molecule has 1 rings (SSSR count). The average molecular weight is 146 g/mol. The number of allylic oxidation sites excluding steroid dienone is 4. The smallest absolute Gasteiger partial charge is 0.0279 e. The molecule has 11 heavy (non-hydrogen) atoms. The van der Waals surface area contributed by atoms with Crippen molar-refractivity contribution in [2.45, 2.75) is 33.1 Å². The second-order valence-electron chi connectivity index (χ2n) is 2.66.